The summed E-state index contributed by atoms with van der Waals surface area (Å²) in [4.78, 5) is 24.4. The molecule has 1 heterocycles. The molecule has 1 aliphatic heterocycles. The second-order valence-electron chi connectivity index (χ2n) is 5.07. The van der Waals surface area contributed by atoms with Crippen LogP contribution in [0.5, 0.6) is 0 Å². The molecule has 4 nitrogen and oxygen atoms in total. The number of hydrogen-bond donors (Lipinski definition) is 1. The second-order valence-corrected chi connectivity index (χ2v) is 5.07. The molecule has 0 bridgehead atoms. The van der Waals surface area contributed by atoms with Crippen molar-refractivity contribution >= 4 is 11.9 Å². The lowest BCUT2D eigenvalue weighted by atomic mass is 9.97. The predicted octanol–water partition coefficient (Wildman–Crippen LogP) is 1.60. The van der Waals surface area contributed by atoms with Crippen molar-refractivity contribution in [3.8, 4) is 0 Å². The van der Waals surface area contributed by atoms with Crippen LogP contribution in [0.1, 0.15) is 33.6 Å². The van der Waals surface area contributed by atoms with Gasteiger partial charge in [0.1, 0.15) is 0 Å². The molecule has 4 heteroatoms. The zero-order valence-electron chi connectivity index (χ0n) is 10.3. The molecule has 2 atom stereocenters. The summed E-state index contributed by atoms with van der Waals surface area (Å²) in [6, 6.07) is 0. The minimum atomic E-state index is -0.767. The highest BCUT2D eigenvalue weighted by molar-refractivity contribution is 5.79. The van der Waals surface area contributed by atoms with E-state index in [9.17, 15) is 9.59 Å². The van der Waals surface area contributed by atoms with Gasteiger partial charge in [0, 0.05) is 25.4 Å². The molecule has 1 saturated heterocycles. The number of carbonyl (C=O) groups is 2. The van der Waals surface area contributed by atoms with Gasteiger partial charge in [0.15, 0.2) is 0 Å². The average Bonchev–Trinajstić information content (AvgIpc) is 2.62. The van der Waals surface area contributed by atoms with Crippen LogP contribution in [0.25, 0.3) is 0 Å². The molecule has 0 spiro atoms. The van der Waals surface area contributed by atoms with Crippen LogP contribution in [0.15, 0.2) is 0 Å². The first-order valence-corrected chi connectivity index (χ1v) is 5.92. The second kappa shape index (κ2) is 5.32. The van der Waals surface area contributed by atoms with Crippen molar-refractivity contribution < 1.29 is 14.7 Å². The van der Waals surface area contributed by atoms with Gasteiger partial charge in [-0.05, 0) is 18.3 Å². The van der Waals surface area contributed by atoms with Gasteiger partial charge in [-0.15, -0.1) is 0 Å². The number of rotatable bonds is 4. The maximum atomic E-state index is 12.0. The van der Waals surface area contributed by atoms with Crippen molar-refractivity contribution in [1.82, 2.24) is 4.90 Å². The summed E-state index contributed by atoms with van der Waals surface area (Å²) in [5.74, 6) is -0.0884. The minimum absolute atomic E-state index is 0.0311. The number of nitrogens with zero attached hydrogens (tertiary/aromatic N) is 1. The summed E-state index contributed by atoms with van der Waals surface area (Å²) in [5, 5.41) is 8.69. The third-order valence-electron chi connectivity index (χ3n) is 3.45. The Labute approximate surface area is 96.6 Å². The Balaban J connectivity index is 2.46. The van der Waals surface area contributed by atoms with E-state index in [0.717, 1.165) is 6.42 Å². The molecule has 0 aliphatic carbocycles. The van der Waals surface area contributed by atoms with Crippen molar-refractivity contribution in [3.05, 3.63) is 0 Å². The molecule has 0 aromatic heterocycles. The van der Waals surface area contributed by atoms with E-state index in [0.29, 0.717) is 19.0 Å². The van der Waals surface area contributed by atoms with Gasteiger partial charge in [0.2, 0.25) is 5.91 Å². The Morgan fingerprint density at radius 3 is 2.50 bits per heavy atom. The van der Waals surface area contributed by atoms with Crippen LogP contribution in [0.3, 0.4) is 0 Å². The minimum Gasteiger partial charge on any atom is -0.481 e. The van der Waals surface area contributed by atoms with Gasteiger partial charge in [-0.25, -0.2) is 0 Å². The highest BCUT2D eigenvalue weighted by Gasteiger charge is 2.30. The lowest BCUT2D eigenvalue weighted by Crippen LogP contribution is -2.35. The molecule has 0 aromatic rings. The third-order valence-corrected chi connectivity index (χ3v) is 3.45. The first kappa shape index (κ1) is 13.0. The van der Waals surface area contributed by atoms with E-state index in [4.69, 9.17) is 5.11 Å². The van der Waals surface area contributed by atoms with Crippen LogP contribution in [-0.2, 0) is 9.59 Å². The Hall–Kier alpha value is -1.06. The fourth-order valence-corrected chi connectivity index (χ4v) is 2.02. The van der Waals surface area contributed by atoms with E-state index in [1.807, 2.05) is 25.7 Å². The van der Waals surface area contributed by atoms with Crippen LogP contribution < -0.4 is 0 Å². The largest absolute Gasteiger partial charge is 0.481 e. The number of carboxylic acid groups (broad SMARTS) is 1. The van der Waals surface area contributed by atoms with E-state index in [1.165, 1.54) is 0 Å². The summed E-state index contributed by atoms with van der Waals surface area (Å²) >= 11 is 0. The number of amides is 1. The normalized spacial score (nSPS) is 22.5. The molecular weight excluding hydrogens is 206 g/mol. The number of aliphatic carboxylic acids is 1. The Kier molecular flexibility index (Phi) is 4.33. The fourth-order valence-electron chi connectivity index (χ4n) is 2.02. The lowest BCUT2D eigenvalue weighted by Gasteiger charge is -2.23. The zero-order valence-corrected chi connectivity index (χ0v) is 10.3. The van der Waals surface area contributed by atoms with E-state index in [-0.39, 0.29) is 24.2 Å². The molecule has 92 valence electrons. The van der Waals surface area contributed by atoms with Crippen LogP contribution in [0, 0.1) is 17.8 Å². The van der Waals surface area contributed by atoms with Crippen molar-refractivity contribution in [1.29, 1.82) is 0 Å². The first-order chi connectivity index (χ1) is 7.41. The SMILES string of the molecule is CC(C)C(C)C(=O)N1CCC(CC(=O)O)C1. The quantitative estimate of drug-likeness (QED) is 0.793. The topological polar surface area (TPSA) is 57.6 Å². The molecule has 0 aromatic carbocycles. The Bertz CT molecular complexity index is 275. The zero-order chi connectivity index (χ0) is 12.3. The molecule has 1 fully saturated rings. The summed E-state index contributed by atoms with van der Waals surface area (Å²) in [6.45, 7) is 7.34. The van der Waals surface area contributed by atoms with Gasteiger partial charge >= 0.3 is 5.97 Å². The van der Waals surface area contributed by atoms with Gasteiger partial charge in [0.05, 0.1) is 0 Å². The third kappa shape index (κ3) is 3.22. The standard InChI is InChI=1S/C12H21NO3/c1-8(2)9(3)12(16)13-5-4-10(7-13)6-11(14)15/h8-10H,4-7H2,1-3H3,(H,14,15). The summed E-state index contributed by atoms with van der Waals surface area (Å²) < 4.78 is 0. The summed E-state index contributed by atoms with van der Waals surface area (Å²) in [5.41, 5.74) is 0. The molecule has 1 N–H and O–H groups in total. The molecule has 0 saturated carbocycles. The molecule has 1 amide bonds. The van der Waals surface area contributed by atoms with Gasteiger partial charge in [-0.2, -0.15) is 0 Å². The highest BCUT2D eigenvalue weighted by Crippen LogP contribution is 2.23. The molecule has 0 radical (unpaired) electrons. The van der Waals surface area contributed by atoms with Crippen molar-refractivity contribution in [3.63, 3.8) is 0 Å². The maximum Gasteiger partial charge on any atom is 0.303 e. The van der Waals surface area contributed by atoms with E-state index in [1.54, 1.807) is 0 Å². The summed E-state index contributed by atoms with van der Waals surface area (Å²) in [6.07, 6.45) is 1.00. The van der Waals surface area contributed by atoms with E-state index in [2.05, 4.69) is 0 Å². The fraction of sp³-hybridized carbons (Fsp3) is 0.833. The van der Waals surface area contributed by atoms with Crippen molar-refractivity contribution in [2.24, 2.45) is 17.8 Å². The molecule has 2 unspecified atom stereocenters. The maximum absolute atomic E-state index is 12.0. The molecule has 16 heavy (non-hydrogen) atoms. The smallest absolute Gasteiger partial charge is 0.303 e. The number of hydrogen-bond acceptors (Lipinski definition) is 2. The van der Waals surface area contributed by atoms with E-state index < -0.39 is 5.97 Å². The predicted molar refractivity (Wildman–Crippen MR) is 60.9 cm³/mol. The van der Waals surface area contributed by atoms with Crippen LogP contribution in [-0.4, -0.2) is 35.0 Å². The van der Waals surface area contributed by atoms with Crippen LogP contribution in [0.2, 0.25) is 0 Å². The van der Waals surface area contributed by atoms with E-state index >= 15 is 0 Å². The number of carbonyl (C=O) groups excluding carboxylic acids is 1. The van der Waals surface area contributed by atoms with Crippen molar-refractivity contribution in [2.45, 2.75) is 33.6 Å². The van der Waals surface area contributed by atoms with Gasteiger partial charge in [0.25, 0.3) is 0 Å². The monoisotopic (exact) mass is 227 g/mol. The van der Waals surface area contributed by atoms with Crippen LogP contribution in [0.4, 0.5) is 0 Å². The summed E-state index contributed by atoms with van der Waals surface area (Å²) in [7, 11) is 0. The van der Waals surface area contributed by atoms with Gasteiger partial charge in [-0.3, -0.25) is 9.59 Å². The lowest BCUT2D eigenvalue weighted by molar-refractivity contribution is -0.139. The van der Waals surface area contributed by atoms with Crippen LogP contribution >= 0.6 is 0 Å². The Morgan fingerprint density at radius 2 is 2.00 bits per heavy atom. The van der Waals surface area contributed by atoms with Crippen molar-refractivity contribution in [2.75, 3.05) is 13.1 Å². The van der Waals surface area contributed by atoms with Gasteiger partial charge in [-0.1, -0.05) is 20.8 Å². The Morgan fingerprint density at radius 1 is 1.38 bits per heavy atom. The number of likely N-dealkylation sites (tertiary alicyclic amines) is 1. The van der Waals surface area contributed by atoms with Gasteiger partial charge < -0.3 is 10.0 Å². The molecule has 1 aliphatic rings. The molecular formula is C12H21NO3. The first-order valence-electron chi connectivity index (χ1n) is 5.92. The highest BCUT2D eigenvalue weighted by atomic mass is 16.4. The molecule has 1 rings (SSSR count). The number of carboxylic acids is 1. The average molecular weight is 227 g/mol.